The van der Waals surface area contributed by atoms with Crippen molar-refractivity contribution in [3.05, 3.63) is 87.5 Å². The minimum atomic E-state index is 0.927. The van der Waals surface area contributed by atoms with Crippen molar-refractivity contribution in [2.75, 3.05) is 0 Å². The van der Waals surface area contributed by atoms with Crippen LogP contribution in [0, 0.1) is 0 Å². The van der Waals surface area contributed by atoms with Gasteiger partial charge in [0, 0.05) is 22.3 Å². The van der Waals surface area contributed by atoms with Crippen molar-refractivity contribution in [1.29, 1.82) is 0 Å². The maximum atomic E-state index is 11.8. The fraction of sp³-hybridized carbons (Fsp3) is 0.784. The summed E-state index contributed by atoms with van der Waals surface area (Å²) in [7, 11) is 0. The number of aryl methyl sites for hydroxylation is 2. The zero-order valence-electron chi connectivity index (χ0n) is 52.6. The Bertz CT molecular complexity index is 1670. The van der Waals surface area contributed by atoms with E-state index in [0.29, 0.717) is 0 Å². The van der Waals surface area contributed by atoms with Crippen LogP contribution in [0.25, 0.3) is 16.9 Å². The smallest absolute Gasteiger partial charge is 0.0654 e. The summed E-state index contributed by atoms with van der Waals surface area (Å²) in [4.78, 5) is 0. The minimum Gasteiger partial charge on any atom is -0.0654 e. The predicted molar refractivity (Wildman–Crippen MR) is 343 cm³/mol. The van der Waals surface area contributed by atoms with Gasteiger partial charge in [-0.25, -0.2) is 4.70 Å². The molecule has 0 N–H and O–H groups in total. The zero-order chi connectivity index (χ0) is 55.3. The van der Waals surface area contributed by atoms with Crippen molar-refractivity contribution < 1.29 is 19.1 Å². The Morgan fingerprint density at radius 1 is 0.299 bits per heavy atom. The molecule has 0 atom stereocenters. The van der Waals surface area contributed by atoms with Gasteiger partial charge in [-0.05, 0) is 80.3 Å². The molecule has 2 aromatic carbocycles. The number of hydrogen-bond donors (Lipinski definition) is 0. The molecule has 1 aliphatic rings. The number of rotatable bonds is 54. The van der Waals surface area contributed by atoms with Gasteiger partial charge >= 0.3 is 166 Å². The molecule has 446 valence electrons. The van der Waals surface area contributed by atoms with E-state index >= 15 is 0 Å². The molecule has 0 aliphatic carbocycles. The van der Waals surface area contributed by atoms with E-state index in [1.807, 2.05) is 14.4 Å². The summed E-state index contributed by atoms with van der Waals surface area (Å²) in [5, 5.41) is 2.87. The van der Waals surface area contributed by atoms with Crippen molar-refractivity contribution in [2.45, 2.75) is 373 Å². The molecule has 0 fully saturated rings. The molecule has 1 heterocycles. The van der Waals surface area contributed by atoms with E-state index < -0.39 is 0 Å². The first-order chi connectivity index (χ1) is 38.1. The molecule has 2 aromatic rings. The first kappa shape index (κ1) is 71.1. The molecule has 0 amide bonds. The number of allylic oxidation sites excluding steroid dienone is 2. The summed E-state index contributed by atoms with van der Waals surface area (Å²) in [6, 6.07) is 17.9. The van der Waals surface area contributed by atoms with Crippen molar-refractivity contribution >= 4 is 11.4 Å². The third-order valence-electron chi connectivity index (χ3n) is 16.7. The van der Waals surface area contributed by atoms with Crippen molar-refractivity contribution in [2.24, 2.45) is 0 Å². The molecule has 0 unspecified atom stereocenters. The van der Waals surface area contributed by atoms with Crippen LogP contribution in [-0.4, -0.2) is 4.70 Å². The molecule has 3 heteroatoms. The van der Waals surface area contributed by atoms with Gasteiger partial charge in [-0.3, -0.25) is 0 Å². The average molecular weight is 1110 g/mol. The summed E-state index contributed by atoms with van der Waals surface area (Å²) in [6.45, 7) is 13.7. The third kappa shape index (κ3) is 36.9. The van der Waals surface area contributed by atoms with Gasteiger partial charge in [-0.15, -0.1) is 0 Å². The van der Waals surface area contributed by atoms with E-state index in [1.54, 1.807) is 4.70 Å². The maximum absolute atomic E-state index is 11.8. The Morgan fingerprint density at radius 2 is 0.558 bits per heavy atom. The van der Waals surface area contributed by atoms with Gasteiger partial charge in [0.1, 0.15) is 0 Å². The molecule has 0 saturated carbocycles. The quantitative estimate of drug-likeness (QED) is 0.0358. The number of unbranched alkanes of at least 4 members (excludes halogenated alkanes) is 41. The topological polar surface area (TPSA) is 25.3 Å². The van der Waals surface area contributed by atoms with Gasteiger partial charge < -0.3 is 5.53 Å². The van der Waals surface area contributed by atoms with E-state index in [4.69, 9.17) is 0 Å². The Hall–Kier alpha value is -1.99. The van der Waals surface area contributed by atoms with Crippen molar-refractivity contribution in [1.82, 2.24) is 0 Å². The van der Waals surface area contributed by atoms with Gasteiger partial charge in [0.2, 0.25) is 11.4 Å². The van der Waals surface area contributed by atoms with Crippen molar-refractivity contribution in [3.63, 3.8) is 0 Å². The van der Waals surface area contributed by atoms with Gasteiger partial charge in [-0.2, -0.15) is 0 Å². The average Bonchev–Trinajstić information content (AvgIpc) is 3.78. The van der Waals surface area contributed by atoms with Crippen LogP contribution < -0.4 is 0 Å². The summed E-state index contributed by atoms with van der Waals surface area (Å²) < 4.78 is 1.54. The molecule has 0 radical (unpaired) electrons. The predicted octanol–water partition coefficient (Wildman–Crippen LogP) is 26.7. The molecule has 3 rings (SSSR count). The Balaban J connectivity index is 0.000000527. The summed E-state index contributed by atoms with van der Waals surface area (Å²) in [5.41, 5.74) is 21.5. The fourth-order valence-electron chi connectivity index (χ4n) is 11.7. The Morgan fingerprint density at radius 3 is 0.857 bits per heavy atom. The Labute approximate surface area is 488 Å². The first-order valence-corrected chi connectivity index (χ1v) is 36.0. The molecule has 0 saturated heterocycles. The van der Waals surface area contributed by atoms with Crippen LogP contribution in [-0.2, 0) is 27.3 Å². The molecule has 2 nitrogen and oxygen atoms in total. The van der Waals surface area contributed by atoms with E-state index in [9.17, 15) is 5.53 Å². The van der Waals surface area contributed by atoms with Gasteiger partial charge in [0.05, 0.1) is 0 Å². The number of hydrogen-bond acceptors (Lipinski definition) is 0. The van der Waals surface area contributed by atoms with Gasteiger partial charge in [-0.1, -0.05) is 201 Å². The molecule has 0 spiro atoms. The number of nitrogens with zero attached hydrogens (tertiary/aromatic N) is 2. The van der Waals surface area contributed by atoms with Crippen LogP contribution in [0.1, 0.15) is 372 Å². The summed E-state index contributed by atoms with van der Waals surface area (Å²) >= 11 is 2.05. The van der Waals surface area contributed by atoms with Crippen LogP contribution >= 0.6 is 0 Å². The van der Waals surface area contributed by atoms with Gasteiger partial charge in [0.25, 0.3) is 0 Å². The second kappa shape index (κ2) is 53.3. The molecule has 1 aliphatic heterocycles. The standard InChI is InChI=1S/C36H52N2.2C19H39.Ni/c1-5-9-12-15-20-29-22-18-24-31(27-29)35-33(8-4)34(26-17-14-11-7-3)36(38(35)37)32-25-19-23-30(28-32)21-16-13-10-6-2;2*1-3-5-7-9-11-13-15-17-19-18-16-14-12-10-8-6-4-2;/h18-19,22-25,27-28H,5-17,20-21,26H2,1-4H3;2*1,3-19H2,2H3;. The van der Waals surface area contributed by atoms with Crippen LogP contribution in [0.15, 0.2) is 59.7 Å². The van der Waals surface area contributed by atoms with E-state index in [2.05, 4.69) is 90.1 Å². The summed E-state index contributed by atoms with van der Waals surface area (Å²) in [6.07, 6.45) is 69.5. The second-order valence-electron chi connectivity index (χ2n) is 23.9. The Kier molecular flexibility index (Phi) is 49.3. The normalized spacial score (nSPS) is 12.7. The van der Waals surface area contributed by atoms with Crippen LogP contribution in [0.3, 0.4) is 0 Å². The van der Waals surface area contributed by atoms with Crippen LogP contribution in [0.2, 0.25) is 10.8 Å². The van der Waals surface area contributed by atoms with Crippen LogP contribution in [0.5, 0.6) is 0 Å². The van der Waals surface area contributed by atoms with Crippen LogP contribution in [0.4, 0.5) is 0 Å². The van der Waals surface area contributed by atoms with E-state index in [1.165, 1.54) is 328 Å². The molecule has 0 aromatic heterocycles. The third-order valence-corrected chi connectivity index (χ3v) is 18.1. The molecular weight excluding hydrogens is 976 g/mol. The first-order valence-electron chi connectivity index (χ1n) is 34.6. The zero-order valence-corrected chi connectivity index (χ0v) is 53.6. The number of benzene rings is 2. The van der Waals surface area contributed by atoms with Gasteiger partial charge in [0.15, 0.2) is 0 Å². The molecule has 77 heavy (non-hydrogen) atoms. The minimum absolute atomic E-state index is 0.927. The fourth-order valence-corrected chi connectivity index (χ4v) is 13.0. The summed E-state index contributed by atoms with van der Waals surface area (Å²) in [5.74, 6) is 0. The molecular formula is C74H130N2Ni. The molecule has 0 bridgehead atoms. The van der Waals surface area contributed by atoms with E-state index in [-0.39, 0.29) is 0 Å². The SMILES string of the molecule is CCCCCCC1=C(c2cccc(CCCCCC)c2)[N+](=[N-])C(c2cccc(CCCCCC)c2)=C1CC.CCCCCCCCCCCCCCCCCC[CH2][Ni][CH2]CCCCCCCCCCCCCCCCCC. The second-order valence-corrected chi connectivity index (χ2v) is 25.4. The van der Waals surface area contributed by atoms with E-state index in [0.717, 1.165) is 48.2 Å². The van der Waals surface area contributed by atoms with Crippen molar-refractivity contribution in [3.8, 4) is 0 Å². The monoisotopic (exact) mass is 1100 g/mol.